The van der Waals surface area contributed by atoms with E-state index in [0.29, 0.717) is 6.04 Å². The Balaban J connectivity index is 1.50. The highest BCUT2D eigenvalue weighted by Crippen LogP contribution is 2.52. The Morgan fingerprint density at radius 3 is 2.88 bits per heavy atom. The molecule has 5 rings (SSSR count). The lowest BCUT2D eigenvalue weighted by Crippen LogP contribution is -2.37. The average Bonchev–Trinajstić information content (AvgIpc) is 3.22. The quantitative estimate of drug-likeness (QED) is 0.787. The van der Waals surface area contributed by atoms with Gasteiger partial charge < -0.3 is 15.3 Å². The van der Waals surface area contributed by atoms with Crippen LogP contribution in [0.2, 0.25) is 0 Å². The lowest BCUT2D eigenvalue weighted by Gasteiger charge is -2.34. The van der Waals surface area contributed by atoms with E-state index in [4.69, 9.17) is 4.98 Å². The van der Waals surface area contributed by atoms with Gasteiger partial charge in [0.25, 0.3) is 0 Å². The summed E-state index contributed by atoms with van der Waals surface area (Å²) in [5.74, 6) is 2.33. The first kappa shape index (κ1) is 15.6. The van der Waals surface area contributed by atoms with Crippen molar-refractivity contribution in [2.24, 2.45) is 11.3 Å². The Morgan fingerprint density at radius 2 is 2.25 bits per heavy atom. The molecule has 0 unspecified atom stereocenters. The van der Waals surface area contributed by atoms with E-state index in [1.54, 1.807) is 0 Å². The maximum absolute atomic E-state index is 9.58. The van der Waals surface area contributed by atoms with Gasteiger partial charge >= 0.3 is 0 Å². The summed E-state index contributed by atoms with van der Waals surface area (Å²) in [4.78, 5) is 11.5. The fourth-order valence-corrected chi connectivity index (χ4v) is 4.01. The predicted molar refractivity (Wildman–Crippen MR) is 95.9 cm³/mol. The Kier molecular flexibility index (Phi) is 3.64. The van der Waals surface area contributed by atoms with Crippen molar-refractivity contribution in [1.82, 2.24) is 9.97 Å². The van der Waals surface area contributed by atoms with E-state index in [9.17, 15) is 5.11 Å². The van der Waals surface area contributed by atoms with E-state index >= 15 is 0 Å². The molecule has 3 heterocycles. The molecule has 0 aromatic carbocycles. The van der Waals surface area contributed by atoms with Gasteiger partial charge in [0, 0.05) is 35.5 Å². The summed E-state index contributed by atoms with van der Waals surface area (Å²) >= 11 is 0. The van der Waals surface area contributed by atoms with Crippen molar-refractivity contribution in [3.8, 4) is 0 Å². The highest BCUT2D eigenvalue weighted by molar-refractivity contribution is 5.54. The molecule has 2 saturated carbocycles. The number of nitrogens with zero attached hydrogens (tertiary/aromatic N) is 3. The van der Waals surface area contributed by atoms with Gasteiger partial charge in [-0.3, -0.25) is 0 Å². The molecule has 2 aliphatic carbocycles. The molecule has 128 valence electrons. The van der Waals surface area contributed by atoms with Crippen LogP contribution in [0.4, 0.5) is 11.8 Å². The highest BCUT2D eigenvalue weighted by atomic mass is 16.3. The molecule has 2 bridgehead atoms. The van der Waals surface area contributed by atoms with Crippen LogP contribution in [0.15, 0.2) is 30.1 Å². The number of aliphatic hydroxyl groups is 1. The summed E-state index contributed by atoms with van der Waals surface area (Å²) in [5, 5.41) is 12.9. The number of nitrogens with one attached hydrogen (secondary N) is 1. The molecule has 0 atom stereocenters. The molecule has 0 spiro atoms. The number of rotatable bonds is 6. The highest BCUT2D eigenvalue weighted by Gasteiger charge is 2.55. The maximum atomic E-state index is 9.58. The topological polar surface area (TPSA) is 61.3 Å². The number of hydrogen-bond acceptors (Lipinski definition) is 5. The number of allylic oxidation sites excluding steroid dienone is 2. The van der Waals surface area contributed by atoms with E-state index in [-0.39, 0.29) is 12.0 Å². The maximum Gasteiger partial charge on any atom is 0.227 e. The van der Waals surface area contributed by atoms with E-state index in [2.05, 4.69) is 34.8 Å². The van der Waals surface area contributed by atoms with Gasteiger partial charge in [-0.2, -0.15) is 4.98 Å². The van der Waals surface area contributed by atoms with Crippen molar-refractivity contribution in [2.75, 3.05) is 23.4 Å². The third-order valence-electron chi connectivity index (χ3n) is 5.74. The van der Waals surface area contributed by atoms with E-state index in [1.165, 1.54) is 18.4 Å². The van der Waals surface area contributed by atoms with Crippen LogP contribution >= 0.6 is 0 Å². The number of aliphatic hydroxyl groups excluding tert-OH is 1. The van der Waals surface area contributed by atoms with E-state index < -0.39 is 0 Å². The molecular weight excluding hydrogens is 300 g/mol. The van der Waals surface area contributed by atoms with Gasteiger partial charge in [-0.15, -0.1) is 0 Å². The number of aromatic nitrogens is 2. The van der Waals surface area contributed by atoms with Crippen LogP contribution in [-0.4, -0.2) is 34.3 Å². The molecule has 2 aliphatic heterocycles. The number of anilines is 2. The Morgan fingerprint density at radius 1 is 1.50 bits per heavy atom. The van der Waals surface area contributed by atoms with Gasteiger partial charge in [0.1, 0.15) is 5.82 Å². The van der Waals surface area contributed by atoms with Gasteiger partial charge in [-0.1, -0.05) is 12.2 Å². The van der Waals surface area contributed by atoms with Crippen molar-refractivity contribution in [3.05, 3.63) is 35.7 Å². The molecular formula is C19H26N4O. The monoisotopic (exact) mass is 326 g/mol. The van der Waals surface area contributed by atoms with Gasteiger partial charge in [-0.25, -0.2) is 4.98 Å². The first-order valence-electron chi connectivity index (χ1n) is 8.85. The summed E-state index contributed by atoms with van der Waals surface area (Å²) in [6, 6.07) is 0.480. The van der Waals surface area contributed by atoms with Crippen LogP contribution in [-0.2, 0) is 0 Å². The number of hydrogen-bond donors (Lipinski definition) is 2. The normalized spacial score (nSPS) is 28.7. The molecule has 5 nitrogen and oxygen atoms in total. The number of fused-ring (bicyclic) bond motifs is 1. The molecule has 0 radical (unpaired) electrons. The predicted octanol–water partition coefficient (Wildman–Crippen LogP) is 3.03. The minimum atomic E-state index is 0.0835. The minimum absolute atomic E-state index is 0.0835. The molecule has 0 amide bonds. The minimum Gasteiger partial charge on any atom is -0.396 e. The van der Waals surface area contributed by atoms with Crippen molar-refractivity contribution in [2.45, 2.75) is 45.6 Å². The fourth-order valence-electron chi connectivity index (χ4n) is 4.01. The lowest BCUT2D eigenvalue weighted by molar-refractivity contribution is 0.0873. The Labute approximate surface area is 143 Å². The summed E-state index contributed by atoms with van der Waals surface area (Å²) in [7, 11) is 0. The van der Waals surface area contributed by atoms with Crippen LogP contribution < -0.4 is 10.2 Å². The third kappa shape index (κ3) is 2.71. The summed E-state index contributed by atoms with van der Waals surface area (Å²) in [6.45, 7) is 9.43. The van der Waals surface area contributed by atoms with Gasteiger partial charge in [0.2, 0.25) is 5.95 Å². The molecule has 24 heavy (non-hydrogen) atoms. The van der Waals surface area contributed by atoms with E-state index in [0.717, 1.165) is 48.3 Å². The van der Waals surface area contributed by atoms with Crippen molar-refractivity contribution >= 4 is 11.8 Å². The lowest BCUT2D eigenvalue weighted by atomic mass is 9.71. The molecule has 4 fully saturated rings. The van der Waals surface area contributed by atoms with Gasteiger partial charge in [0.05, 0.1) is 6.61 Å². The third-order valence-corrected chi connectivity index (χ3v) is 5.74. The van der Waals surface area contributed by atoms with Crippen LogP contribution in [0.5, 0.6) is 0 Å². The summed E-state index contributed by atoms with van der Waals surface area (Å²) in [5.41, 5.74) is 3.37. The zero-order chi connectivity index (χ0) is 16.9. The standard InChI is InChI=1S/C19H26N4O/c1-12(15-4-5-15)6-14(3)21-17-13(2)9-20-18(22-17)23-10-19(11-24)7-16(23)8-19/h6,9,15-16,24H,3-5,7-8,10-11H2,1-2H3,(H,20,21,22)/b12-6+. The van der Waals surface area contributed by atoms with Crippen LogP contribution in [0.3, 0.4) is 0 Å². The Hall–Kier alpha value is -1.88. The van der Waals surface area contributed by atoms with Gasteiger partial charge in [0.15, 0.2) is 0 Å². The van der Waals surface area contributed by atoms with Crippen molar-refractivity contribution in [1.29, 1.82) is 0 Å². The molecule has 5 heteroatoms. The SMILES string of the molecule is C=C(/C=C(\C)C1CC1)Nc1nc(N2CC3(CO)CC2C3)ncc1C. The summed E-state index contributed by atoms with van der Waals surface area (Å²) in [6.07, 6.45) is 8.71. The molecule has 1 aromatic heterocycles. The van der Waals surface area contributed by atoms with Crippen molar-refractivity contribution in [3.63, 3.8) is 0 Å². The van der Waals surface area contributed by atoms with Crippen LogP contribution in [0.25, 0.3) is 0 Å². The van der Waals surface area contributed by atoms with Crippen LogP contribution in [0.1, 0.15) is 38.2 Å². The molecule has 2 saturated heterocycles. The largest absolute Gasteiger partial charge is 0.396 e. The van der Waals surface area contributed by atoms with Gasteiger partial charge in [-0.05, 0) is 51.5 Å². The fraction of sp³-hybridized carbons (Fsp3) is 0.579. The molecule has 4 aliphatic rings. The Bertz CT molecular complexity index is 701. The zero-order valence-corrected chi connectivity index (χ0v) is 14.5. The molecule has 2 N–H and O–H groups in total. The second-order valence-corrected chi connectivity index (χ2v) is 7.86. The zero-order valence-electron chi connectivity index (χ0n) is 14.5. The first-order chi connectivity index (χ1) is 11.5. The molecule has 1 aromatic rings. The second-order valence-electron chi connectivity index (χ2n) is 7.86. The van der Waals surface area contributed by atoms with E-state index in [1.807, 2.05) is 13.1 Å². The smallest absolute Gasteiger partial charge is 0.227 e. The average molecular weight is 326 g/mol. The summed E-state index contributed by atoms with van der Waals surface area (Å²) < 4.78 is 0. The number of aryl methyl sites for hydroxylation is 1. The first-order valence-corrected chi connectivity index (χ1v) is 8.85. The van der Waals surface area contributed by atoms with Crippen molar-refractivity contribution < 1.29 is 5.11 Å². The second kappa shape index (κ2) is 5.59. The van der Waals surface area contributed by atoms with Crippen LogP contribution in [0, 0.1) is 18.3 Å².